The molecule has 0 spiro atoms. The van der Waals surface area contributed by atoms with Crippen molar-refractivity contribution in [1.29, 1.82) is 10.5 Å². The molecule has 0 amide bonds. The molecular formula is C39H48N10O4. The van der Waals surface area contributed by atoms with Crippen molar-refractivity contribution in [2.75, 3.05) is 23.7 Å². The minimum absolute atomic E-state index is 0.117. The van der Waals surface area contributed by atoms with Gasteiger partial charge in [-0.25, -0.2) is 9.59 Å². The first-order chi connectivity index (χ1) is 25.6. The Kier molecular flexibility index (Phi) is 13.2. The maximum atomic E-state index is 12.8. The molecule has 1 aliphatic carbocycles. The van der Waals surface area contributed by atoms with Crippen LogP contribution in [0.4, 0.5) is 11.6 Å². The molecule has 2 aromatic heterocycles. The van der Waals surface area contributed by atoms with Gasteiger partial charge >= 0.3 is 11.4 Å². The van der Waals surface area contributed by atoms with Crippen molar-refractivity contribution < 1.29 is 0 Å². The van der Waals surface area contributed by atoms with Crippen molar-refractivity contribution in [2.24, 2.45) is 19.8 Å². The molecule has 2 fully saturated rings. The fourth-order valence-corrected chi connectivity index (χ4v) is 6.85. The molecule has 0 bridgehead atoms. The first-order valence-corrected chi connectivity index (χ1v) is 18.2. The van der Waals surface area contributed by atoms with Gasteiger partial charge < -0.3 is 21.7 Å². The van der Waals surface area contributed by atoms with Crippen molar-refractivity contribution in [2.45, 2.75) is 82.6 Å². The lowest BCUT2D eigenvalue weighted by Crippen LogP contribution is -2.41. The quantitative estimate of drug-likeness (QED) is 0.196. The zero-order chi connectivity index (χ0) is 37.9. The third-order valence-electron chi connectivity index (χ3n) is 9.95. The molecule has 1 saturated carbocycles. The Hall–Kier alpha value is -5.70. The molecule has 6 rings (SSSR count). The van der Waals surface area contributed by atoms with Crippen LogP contribution < -0.4 is 44.2 Å². The number of aromatic nitrogens is 4. The zero-order valence-electron chi connectivity index (χ0n) is 30.4. The standard InChI is InChI=1S/C20H25N5O2.C19H23N5O2/c1-24-19(26)11-18(23-17-9-5-4-8-16(22)10-17)25(20(24)27)13-15-7-3-2-6-14(15)12-21;1-23-18(25)10-17(22-16-8-4-5-9-21-12-16)24(19(23)26)13-15-7-3-2-6-14(15)11-20/h2-3,6-7,11,16-17,23H,4-5,8-10,13,22H2,1H3;2-3,6-7,10,16,21-22H,4-5,8-9,12-13H2,1H3. The van der Waals surface area contributed by atoms with Gasteiger partial charge in [0.05, 0.1) is 36.4 Å². The van der Waals surface area contributed by atoms with Gasteiger partial charge in [0, 0.05) is 50.9 Å². The summed E-state index contributed by atoms with van der Waals surface area (Å²) < 4.78 is 5.22. The van der Waals surface area contributed by atoms with E-state index in [-0.39, 0.29) is 42.3 Å². The molecule has 3 unspecified atom stereocenters. The third kappa shape index (κ3) is 9.80. The first-order valence-electron chi connectivity index (χ1n) is 18.2. The highest BCUT2D eigenvalue weighted by atomic mass is 16.2. The molecular weight excluding hydrogens is 672 g/mol. The van der Waals surface area contributed by atoms with Crippen molar-refractivity contribution in [1.82, 2.24) is 23.6 Å². The minimum atomic E-state index is -0.407. The lowest BCUT2D eigenvalue weighted by Gasteiger charge is -2.23. The second-order valence-electron chi connectivity index (χ2n) is 13.8. The molecule has 2 aromatic carbocycles. The number of rotatable bonds is 8. The number of anilines is 2. The van der Waals surface area contributed by atoms with E-state index in [1.165, 1.54) is 35.4 Å². The smallest absolute Gasteiger partial charge is 0.332 e. The summed E-state index contributed by atoms with van der Waals surface area (Å²) in [5.74, 6) is 0.981. The van der Waals surface area contributed by atoms with Gasteiger partial charge in [0.15, 0.2) is 0 Å². The maximum absolute atomic E-state index is 12.8. The van der Waals surface area contributed by atoms with E-state index in [9.17, 15) is 29.7 Å². The topological polar surface area (TPSA) is 198 Å². The lowest BCUT2D eigenvalue weighted by molar-refractivity contribution is 0.545. The summed E-state index contributed by atoms with van der Waals surface area (Å²) in [6.07, 6.45) is 8.11. The van der Waals surface area contributed by atoms with Crippen LogP contribution in [0.2, 0.25) is 0 Å². The summed E-state index contributed by atoms with van der Waals surface area (Å²) in [5.41, 5.74) is 7.17. The molecule has 4 aromatic rings. The van der Waals surface area contributed by atoms with Gasteiger partial charge in [0.1, 0.15) is 11.6 Å². The van der Waals surface area contributed by atoms with Gasteiger partial charge in [0.25, 0.3) is 11.1 Å². The van der Waals surface area contributed by atoms with Gasteiger partial charge in [-0.2, -0.15) is 10.5 Å². The van der Waals surface area contributed by atoms with Gasteiger partial charge in [-0.1, -0.05) is 55.7 Å². The Morgan fingerprint density at radius 2 is 1.19 bits per heavy atom. The molecule has 2 aliphatic rings. The predicted molar refractivity (Wildman–Crippen MR) is 205 cm³/mol. The molecule has 1 aliphatic heterocycles. The van der Waals surface area contributed by atoms with Crippen molar-refractivity contribution in [3.8, 4) is 12.1 Å². The van der Waals surface area contributed by atoms with Crippen LogP contribution in [0.5, 0.6) is 0 Å². The molecule has 53 heavy (non-hydrogen) atoms. The Morgan fingerprint density at radius 3 is 1.74 bits per heavy atom. The van der Waals surface area contributed by atoms with Crippen LogP contribution in [0.1, 0.15) is 73.6 Å². The van der Waals surface area contributed by atoms with Crippen molar-refractivity contribution in [3.05, 3.63) is 125 Å². The molecule has 14 heteroatoms. The Balaban J connectivity index is 0.000000204. The third-order valence-corrected chi connectivity index (χ3v) is 9.95. The van der Waals surface area contributed by atoms with Gasteiger partial charge in [0.2, 0.25) is 0 Å². The number of nitrogens with zero attached hydrogens (tertiary/aromatic N) is 6. The van der Waals surface area contributed by atoms with E-state index in [4.69, 9.17) is 5.73 Å². The summed E-state index contributed by atoms with van der Waals surface area (Å²) in [7, 11) is 2.93. The van der Waals surface area contributed by atoms with Crippen LogP contribution in [0.15, 0.2) is 79.8 Å². The normalized spacial score (nSPS) is 18.6. The van der Waals surface area contributed by atoms with E-state index in [0.29, 0.717) is 22.8 Å². The van der Waals surface area contributed by atoms with E-state index in [2.05, 4.69) is 28.1 Å². The van der Waals surface area contributed by atoms with E-state index < -0.39 is 11.4 Å². The number of nitriles is 2. The second-order valence-corrected chi connectivity index (χ2v) is 13.8. The second kappa shape index (κ2) is 18.2. The molecule has 14 nitrogen and oxygen atoms in total. The minimum Gasteiger partial charge on any atom is -0.368 e. The first kappa shape index (κ1) is 38.5. The van der Waals surface area contributed by atoms with Crippen molar-refractivity contribution in [3.63, 3.8) is 0 Å². The van der Waals surface area contributed by atoms with E-state index >= 15 is 0 Å². The van der Waals surface area contributed by atoms with Crippen LogP contribution in [0.25, 0.3) is 0 Å². The molecule has 278 valence electrons. The Bertz CT molecular complexity index is 2210. The molecule has 3 atom stereocenters. The van der Waals surface area contributed by atoms with E-state index in [1.54, 1.807) is 24.3 Å². The Morgan fingerprint density at radius 1 is 0.717 bits per heavy atom. The summed E-state index contributed by atoms with van der Waals surface area (Å²) in [6.45, 7) is 2.23. The fourth-order valence-electron chi connectivity index (χ4n) is 6.85. The van der Waals surface area contributed by atoms with Crippen LogP contribution in [0, 0.1) is 22.7 Å². The zero-order valence-corrected chi connectivity index (χ0v) is 30.4. The lowest BCUT2D eigenvalue weighted by atomic mass is 10.1. The highest BCUT2D eigenvalue weighted by molar-refractivity contribution is 5.42. The number of nitrogens with two attached hydrogens (primary N) is 1. The summed E-state index contributed by atoms with van der Waals surface area (Å²) in [6, 6.07) is 22.0. The molecule has 3 heterocycles. The average molecular weight is 721 g/mol. The van der Waals surface area contributed by atoms with Gasteiger partial charge in [-0.3, -0.25) is 27.9 Å². The molecule has 0 radical (unpaired) electrons. The monoisotopic (exact) mass is 720 g/mol. The number of benzene rings is 2. The van der Waals surface area contributed by atoms with Gasteiger partial charge in [-0.05, 0) is 61.9 Å². The van der Waals surface area contributed by atoms with Crippen LogP contribution in [0.3, 0.4) is 0 Å². The SMILES string of the molecule is Cn1c(=O)cc(NC2CCCCC(N)C2)n(Cc2ccccc2C#N)c1=O.Cn1c(=O)cc(NC2CCCCNC2)n(Cc2ccccc2C#N)c1=O. The van der Waals surface area contributed by atoms with Crippen LogP contribution in [-0.2, 0) is 27.2 Å². The summed E-state index contributed by atoms with van der Waals surface area (Å²) in [4.78, 5) is 49.8. The molecule has 5 N–H and O–H groups in total. The number of hydrogen-bond acceptors (Lipinski definition) is 10. The number of hydrogen-bond donors (Lipinski definition) is 4. The highest BCUT2D eigenvalue weighted by Gasteiger charge is 2.21. The summed E-state index contributed by atoms with van der Waals surface area (Å²) in [5, 5.41) is 28.7. The number of nitrogens with one attached hydrogen (secondary N) is 3. The van der Waals surface area contributed by atoms with E-state index in [1.807, 2.05) is 24.3 Å². The van der Waals surface area contributed by atoms with Crippen LogP contribution in [-0.4, -0.2) is 49.5 Å². The summed E-state index contributed by atoms with van der Waals surface area (Å²) >= 11 is 0. The average Bonchev–Trinajstić information content (AvgIpc) is 3.55. The Labute approximate surface area is 308 Å². The van der Waals surface area contributed by atoms with Crippen molar-refractivity contribution >= 4 is 11.6 Å². The highest BCUT2D eigenvalue weighted by Crippen LogP contribution is 2.21. The van der Waals surface area contributed by atoms with Crippen LogP contribution >= 0.6 is 0 Å². The predicted octanol–water partition coefficient (Wildman–Crippen LogP) is 2.56. The fraction of sp³-hybridized carbons (Fsp3) is 0.436. The largest absolute Gasteiger partial charge is 0.368 e. The molecule has 1 saturated heterocycles. The van der Waals surface area contributed by atoms with Gasteiger partial charge in [-0.15, -0.1) is 0 Å². The maximum Gasteiger partial charge on any atom is 0.332 e. The van der Waals surface area contributed by atoms with E-state index in [0.717, 1.165) is 84.7 Å².